The zero-order valence-electron chi connectivity index (χ0n) is 15.0. The maximum absolute atomic E-state index is 12.0. The number of ether oxygens (including phenoxy) is 1. The molecule has 0 saturated carbocycles. The Labute approximate surface area is 155 Å². The van der Waals surface area contributed by atoms with Crippen molar-refractivity contribution in [3.05, 3.63) is 60.2 Å². The van der Waals surface area contributed by atoms with E-state index >= 15 is 0 Å². The molecule has 1 atom stereocenters. The van der Waals surface area contributed by atoms with Crippen LogP contribution in [0.2, 0.25) is 0 Å². The minimum Gasteiger partial charge on any atom is -0.466 e. The van der Waals surface area contributed by atoms with Crippen molar-refractivity contribution in [2.45, 2.75) is 26.7 Å². The molecule has 25 heavy (non-hydrogen) atoms. The average molecular weight is 355 g/mol. The minimum absolute atomic E-state index is 0.0237. The molecule has 1 fully saturated rings. The van der Waals surface area contributed by atoms with Crippen LogP contribution >= 0.6 is 11.8 Å². The maximum Gasteiger partial charge on any atom is 0.308 e. The molecular weight excluding hydrogens is 328 g/mol. The molecule has 2 aromatic rings. The van der Waals surface area contributed by atoms with Crippen LogP contribution in [0.15, 0.2) is 54.6 Å². The molecule has 0 amide bonds. The molecule has 0 spiro atoms. The Morgan fingerprint density at radius 2 is 1.72 bits per heavy atom. The molecule has 0 aliphatic carbocycles. The first kappa shape index (κ1) is 18.1. The van der Waals surface area contributed by atoms with Gasteiger partial charge in [-0.25, -0.2) is 0 Å². The monoisotopic (exact) mass is 354 g/mol. The van der Waals surface area contributed by atoms with Gasteiger partial charge in [-0.05, 0) is 41.9 Å². The smallest absolute Gasteiger partial charge is 0.308 e. The van der Waals surface area contributed by atoms with Gasteiger partial charge in [0.05, 0.1) is 12.5 Å². The summed E-state index contributed by atoms with van der Waals surface area (Å²) in [6.45, 7) is 4.33. The molecule has 0 radical (unpaired) electrons. The Hall–Kier alpha value is -1.74. The van der Waals surface area contributed by atoms with Crippen LogP contribution in [0.4, 0.5) is 0 Å². The Balaban J connectivity index is 1.66. The Bertz CT molecular complexity index is 690. The summed E-state index contributed by atoms with van der Waals surface area (Å²) in [7, 11) is 0. The van der Waals surface area contributed by atoms with E-state index in [4.69, 9.17) is 4.74 Å². The quantitative estimate of drug-likeness (QED) is 0.638. The van der Waals surface area contributed by atoms with Gasteiger partial charge < -0.3 is 4.74 Å². The third-order valence-electron chi connectivity index (χ3n) is 4.88. The summed E-state index contributed by atoms with van der Waals surface area (Å²) >= 11 is 1.98. The summed E-state index contributed by atoms with van der Waals surface area (Å²) in [6.07, 6.45) is 1.96. The van der Waals surface area contributed by atoms with Gasteiger partial charge in [0.1, 0.15) is 0 Å². The number of carbonyl (C=O) groups excluding carboxylic acids is 1. The van der Waals surface area contributed by atoms with Crippen molar-refractivity contribution < 1.29 is 9.53 Å². The normalized spacial score (nSPS) is 16.7. The molecule has 1 heterocycles. The third-order valence-corrected chi connectivity index (χ3v) is 6.52. The lowest BCUT2D eigenvalue weighted by molar-refractivity contribution is -0.148. The van der Waals surface area contributed by atoms with Gasteiger partial charge in [0.2, 0.25) is 0 Å². The summed E-state index contributed by atoms with van der Waals surface area (Å²) in [6, 6.07) is 19.4. The predicted octanol–water partition coefficient (Wildman–Crippen LogP) is 5.22. The van der Waals surface area contributed by atoms with Crippen LogP contribution in [0.25, 0.3) is 11.1 Å². The second-order valence-corrected chi connectivity index (χ2v) is 8.08. The van der Waals surface area contributed by atoms with Crippen LogP contribution < -0.4 is 0 Å². The van der Waals surface area contributed by atoms with E-state index in [1.54, 1.807) is 0 Å². The van der Waals surface area contributed by atoms with E-state index < -0.39 is 0 Å². The first-order chi connectivity index (χ1) is 12.1. The average Bonchev–Trinajstić information content (AvgIpc) is 2.61. The van der Waals surface area contributed by atoms with Crippen LogP contribution in [-0.2, 0) is 16.0 Å². The van der Waals surface area contributed by atoms with Crippen molar-refractivity contribution in [2.75, 3.05) is 18.1 Å². The molecule has 3 heteroatoms. The number of rotatable bonds is 7. The fourth-order valence-electron chi connectivity index (χ4n) is 3.58. The number of hydrogen-bond donors (Lipinski definition) is 0. The van der Waals surface area contributed by atoms with Crippen molar-refractivity contribution in [3.8, 4) is 11.1 Å². The van der Waals surface area contributed by atoms with Crippen molar-refractivity contribution in [1.82, 2.24) is 0 Å². The van der Waals surface area contributed by atoms with Crippen molar-refractivity contribution in [3.63, 3.8) is 0 Å². The van der Waals surface area contributed by atoms with Crippen LogP contribution in [0.5, 0.6) is 0 Å². The van der Waals surface area contributed by atoms with Crippen molar-refractivity contribution >= 4 is 17.7 Å². The second-order valence-electron chi connectivity index (χ2n) is 7.09. The van der Waals surface area contributed by atoms with Crippen LogP contribution in [0.3, 0.4) is 0 Å². The summed E-state index contributed by atoms with van der Waals surface area (Å²) < 4.78 is 5.19. The first-order valence-corrected chi connectivity index (χ1v) is 10.2. The fraction of sp³-hybridized carbons (Fsp3) is 0.409. The fourth-order valence-corrected chi connectivity index (χ4v) is 4.80. The zero-order valence-corrected chi connectivity index (χ0v) is 15.9. The highest BCUT2D eigenvalue weighted by molar-refractivity contribution is 8.00. The van der Waals surface area contributed by atoms with Gasteiger partial charge in [-0.2, -0.15) is 11.8 Å². The summed E-state index contributed by atoms with van der Waals surface area (Å²) in [5.74, 6) is 2.19. The molecule has 0 bridgehead atoms. The zero-order chi connectivity index (χ0) is 17.7. The molecule has 132 valence electrons. The number of benzene rings is 2. The molecule has 3 rings (SSSR count). The number of esters is 1. The van der Waals surface area contributed by atoms with Gasteiger partial charge in [-0.3, -0.25) is 4.79 Å². The molecule has 0 unspecified atom stereocenters. The van der Waals surface area contributed by atoms with E-state index in [9.17, 15) is 4.79 Å². The van der Waals surface area contributed by atoms with Gasteiger partial charge in [0, 0.05) is 11.5 Å². The topological polar surface area (TPSA) is 26.3 Å². The van der Waals surface area contributed by atoms with Gasteiger partial charge in [0.25, 0.3) is 0 Å². The second kappa shape index (κ2) is 8.09. The number of thioether (sulfide) groups is 1. The highest BCUT2D eigenvalue weighted by Gasteiger charge is 2.40. The highest BCUT2D eigenvalue weighted by Crippen LogP contribution is 2.45. The summed E-state index contributed by atoms with van der Waals surface area (Å²) in [5.41, 5.74) is 4.10. The standard InChI is InChI=1S/C22H26O2S/c1-3-24-21(23)17(2)13-22(15-25-16-22)14-18-9-11-20(12-10-18)19-7-5-4-6-8-19/h4-12,17H,3,13-16H2,1-2H3/t17-/m1/s1. The predicted molar refractivity (Wildman–Crippen MR) is 106 cm³/mol. The maximum atomic E-state index is 12.0. The minimum atomic E-state index is -0.0572. The molecule has 1 aliphatic rings. The van der Waals surface area contributed by atoms with Crippen molar-refractivity contribution in [2.24, 2.45) is 11.3 Å². The molecule has 0 N–H and O–H groups in total. The highest BCUT2D eigenvalue weighted by atomic mass is 32.2. The van der Waals surface area contributed by atoms with Gasteiger partial charge in [-0.15, -0.1) is 0 Å². The SMILES string of the molecule is CCOC(=O)[C@H](C)CC1(Cc2ccc(-c3ccccc3)cc2)CSC1. The van der Waals surface area contributed by atoms with E-state index in [1.807, 2.05) is 31.7 Å². The molecule has 0 aromatic heterocycles. The molecule has 2 nitrogen and oxygen atoms in total. The third kappa shape index (κ3) is 4.46. The van der Waals surface area contributed by atoms with Crippen molar-refractivity contribution in [1.29, 1.82) is 0 Å². The van der Waals surface area contributed by atoms with E-state index in [0.717, 1.165) is 24.3 Å². The van der Waals surface area contributed by atoms with E-state index in [2.05, 4.69) is 48.5 Å². The van der Waals surface area contributed by atoms with Crippen LogP contribution in [0, 0.1) is 11.3 Å². The number of carbonyl (C=O) groups is 1. The molecule has 1 aliphatic heterocycles. The summed E-state index contributed by atoms with van der Waals surface area (Å²) in [5, 5.41) is 0. The van der Waals surface area contributed by atoms with Crippen LogP contribution in [-0.4, -0.2) is 24.1 Å². The summed E-state index contributed by atoms with van der Waals surface area (Å²) in [4.78, 5) is 12.0. The Kier molecular flexibility index (Phi) is 5.85. The van der Waals surface area contributed by atoms with Gasteiger partial charge >= 0.3 is 5.97 Å². The van der Waals surface area contributed by atoms with E-state index in [0.29, 0.717) is 6.61 Å². The number of hydrogen-bond acceptors (Lipinski definition) is 3. The first-order valence-electron chi connectivity index (χ1n) is 9.01. The Morgan fingerprint density at radius 3 is 2.28 bits per heavy atom. The molecule has 1 saturated heterocycles. The molecular formula is C22H26O2S. The lowest BCUT2D eigenvalue weighted by atomic mass is 9.77. The molecule has 2 aromatic carbocycles. The Morgan fingerprint density at radius 1 is 1.08 bits per heavy atom. The van der Waals surface area contributed by atoms with Gasteiger partial charge in [0.15, 0.2) is 0 Å². The van der Waals surface area contributed by atoms with Gasteiger partial charge in [-0.1, -0.05) is 61.5 Å². The van der Waals surface area contributed by atoms with E-state index in [-0.39, 0.29) is 17.3 Å². The largest absolute Gasteiger partial charge is 0.466 e. The van der Waals surface area contributed by atoms with Crippen LogP contribution in [0.1, 0.15) is 25.8 Å². The lowest BCUT2D eigenvalue weighted by Crippen LogP contribution is -2.40. The lowest BCUT2D eigenvalue weighted by Gasteiger charge is -2.43. The van der Waals surface area contributed by atoms with E-state index in [1.165, 1.54) is 16.7 Å².